The Labute approximate surface area is 130 Å². The van der Waals surface area contributed by atoms with Gasteiger partial charge in [-0.3, -0.25) is 0 Å². The van der Waals surface area contributed by atoms with Crippen LogP contribution in [0, 0.1) is 0 Å². The molecule has 0 saturated heterocycles. The molecule has 0 fully saturated rings. The highest BCUT2D eigenvalue weighted by atomic mass is 16.6. The van der Waals surface area contributed by atoms with Gasteiger partial charge >= 0.3 is 0 Å². The van der Waals surface area contributed by atoms with Crippen molar-refractivity contribution in [2.75, 3.05) is 0 Å². The van der Waals surface area contributed by atoms with Crippen molar-refractivity contribution in [2.24, 2.45) is 5.16 Å². The van der Waals surface area contributed by atoms with Gasteiger partial charge in [0.25, 0.3) is 0 Å². The summed E-state index contributed by atoms with van der Waals surface area (Å²) < 4.78 is 0. The van der Waals surface area contributed by atoms with E-state index in [1.165, 1.54) is 21.9 Å². The predicted molar refractivity (Wildman–Crippen MR) is 90.1 cm³/mol. The molecule has 0 bridgehead atoms. The Hall–Kier alpha value is -2.61. The molecule has 22 heavy (non-hydrogen) atoms. The first-order valence-electron chi connectivity index (χ1n) is 7.65. The van der Waals surface area contributed by atoms with Crippen LogP contribution in [-0.2, 0) is 11.3 Å². The highest BCUT2D eigenvalue weighted by molar-refractivity contribution is 6.11. The molecule has 0 unspecified atom stereocenters. The maximum Gasteiger partial charge on any atom is 0.137 e. The van der Waals surface area contributed by atoms with Crippen LogP contribution in [-0.4, -0.2) is 11.8 Å². The van der Waals surface area contributed by atoms with Crippen molar-refractivity contribution in [3.05, 3.63) is 83.9 Å². The van der Waals surface area contributed by atoms with E-state index in [-0.39, 0.29) is 6.10 Å². The first-order chi connectivity index (χ1) is 10.9. The normalized spacial score (nSPS) is 17.3. The second kappa shape index (κ2) is 5.64. The molecule has 0 saturated carbocycles. The van der Waals surface area contributed by atoms with E-state index in [4.69, 9.17) is 4.84 Å². The summed E-state index contributed by atoms with van der Waals surface area (Å²) in [5.41, 5.74) is 3.54. The summed E-state index contributed by atoms with van der Waals surface area (Å²) in [4.78, 5) is 5.66. The summed E-state index contributed by atoms with van der Waals surface area (Å²) in [6.45, 7) is 0. The van der Waals surface area contributed by atoms with Gasteiger partial charge in [0.2, 0.25) is 0 Å². The Balaban J connectivity index is 1.57. The van der Waals surface area contributed by atoms with E-state index in [0.717, 1.165) is 18.6 Å². The lowest BCUT2D eigenvalue weighted by Crippen LogP contribution is -2.12. The fraction of sp³-hybridized carbons (Fsp3) is 0.150. The summed E-state index contributed by atoms with van der Waals surface area (Å²) in [7, 11) is 0. The molecule has 2 nitrogen and oxygen atoms in total. The van der Waals surface area contributed by atoms with E-state index in [2.05, 4.69) is 71.9 Å². The van der Waals surface area contributed by atoms with Crippen molar-refractivity contribution in [1.82, 2.24) is 0 Å². The first-order valence-corrected chi connectivity index (χ1v) is 7.65. The van der Waals surface area contributed by atoms with E-state index < -0.39 is 0 Å². The van der Waals surface area contributed by atoms with Gasteiger partial charge in [0.05, 0.1) is 5.71 Å². The zero-order chi connectivity index (χ0) is 14.8. The molecule has 1 heterocycles. The van der Waals surface area contributed by atoms with Gasteiger partial charge in [-0.15, -0.1) is 0 Å². The van der Waals surface area contributed by atoms with Crippen molar-refractivity contribution >= 4 is 16.5 Å². The zero-order valence-corrected chi connectivity index (χ0v) is 12.3. The van der Waals surface area contributed by atoms with Gasteiger partial charge in [-0.05, 0) is 16.3 Å². The van der Waals surface area contributed by atoms with Crippen molar-refractivity contribution < 1.29 is 4.84 Å². The number of nitrogens with zero attached hydrogens (tertiary/aromatic N) is 1. The van der Waals surface area contributed by atoms with Gasteiger partial charge in [0.15, 0.2) is 0 Å². The van der Waals surface area contributed by atoms with Crippen LogP contribution in [0.5, 0.6) is 0 Å². The lowest BCUT2D eigenvalue weighted by molar-refractivity contribution is 0.0859. The average molecular weight is 287 g/mol. The topological polar surface area (TPSA) is 21.6 Å². The molecule has 3 aromatic rings. The van der Waals surface area contributed by atoms with Crippen molar-refractivity contribution in [2.45, 2.75) is 18.9 Å². The fourth-order valence-electron chi connectivity index (χ4n) is 3.05. The van der Waals surface area contributed by atoms with Crippen molar-refractivity contribution in [3.8, 4) is 0 Å². The van der Waals surface area contributed by atoms with Gasteiger partial charge < -0.3 is 4.84 Å². The van der Waals surface area contributed by atoms with Crippen LogP contribution >= 0.6 is 0 Å². The van der Waals surface area contributed by atoms with E-state index in [9.17, 15) is 0 Å². The molecule has 0 radical (unpaired) electrons. The Bertz CT molecular complexity index is 818. The zero-order valence-electron chi connectivity index (χ0n) is 12.3. The molecule has 108 valence electrons. The van der Waals surface area contributed by atoms with Gasteiger partial charge in [-0.1, -0.05) is 78.0 Å². The van der Waals surface area contributed by atoms with Gasteiger partial charge in [0, 0.05) is 18.4 Å². The van der Waals surface area contributed by atoms with Crippen LogP contribution in [0.4, 0.5) is 0 Å². The number of hydrogen-bond acceptors (Lipinski definition) is 2. The third kappa shape index (κ3) is 2.48. The number of hydrogen-bond donors (Lipinski definition) is 0. The lowest BCUT2D eigenvalue weighted by atomic mass is 9.96. The molecule has 0 N–H and O–H groups in total. The van der Waals surface area contributed by atoms with Crippen molar-refractivity contribution in [3.63, 3.8) is 0 Å². The summed E-state index contributed by atoms with van der Waals surface area (Å²) in [5, 5.41) is 6.84. The maximum atomic E-state index is 5.66. The smallest absolute Gasteiger partial charge is 0.137 e. The molecule has 0 spiro atoms. The monoisotopic (exact) mass is 287 g/mol. The molecular weight excluding hydrogens is 270 g/mol. The van der Waals surface area contributed by atoms with E-state index in [1.54, 1.807) is 0 Å². The van der Waals surface area contributed by atoms with E-state index in [0.29, 0.717) is 0 Å². The first kappa shape index (κ1) is 13.1. The minimum atomic E-state index is 0.136. The highest BCUT2D eigenvalue weighted by Crippen LogP contribution is 2.25. The molecule has 1 aliphatic rings. The summed E-state index contributed by atoms with van der Waals surface area (Å²) in [6.07, 6.45) is 1.90. The van der Waals surface area contributed by atoms with Crippen LogP contribution in [0.3, 0.4) is 0 Å². The molecule has 0 amide bonds. The van der Waals surface area contributed by atoms with Crippen LogP contribution in [0.25, 0.3) is 10.8 Å². The minimum absolute atomic E-state index is 0.136. The highest BCUT2D eigenvalue weighted by Gasteiger charge is 2.23. The number of rotatable bonds is 3. The van der Waals surface area contributed by atoms with Crippen LogP contribution < -0.4 is 0 Å². The third-order valence-electron chi connectivity index (χ3n) is 4.14. The van der Waals surface area contributed by atoms with Crippen LogP contribution in [0.15, 0.2) is 78.0 Å². The molecule has 0 aromatic heterocycles. The second-order valence-corrected chi connectivity index (χ2v) is 5.69. The third-order valence-corrected chi connectivity index (χ3v) is 4.14. The Morgan fingerprint density at radius 1 is 0.864 bits per heavy atom. The SMILES string of the molecule is c1ccc(C[C@H]2CC(c3cccc4ccccc34)=NO2)cc1. The average Bonchev–Trinajstić information content (AvgIpc) is 3.03. The number of fused-ring (bicyclic) bond motifs is 1. The Kier molecular flexibility index (Phi) is 3.36. The largest absolute Gasteiger partial charge is 0.391 e. The quantitative estimate of drug-likeness (QED) is 0.691. The summed E-state index contributed by atoms with van der Waals surface area (Å²) >= 11 is 0. The van der Waals surface area contributed by atoms with Gasteiger partial charge in [-0.2, -0.15) is 0 Å². The molecular formula is C20H17NO. The van der Waals surface area contributed by atoms with E-state index >= 15 is 0 Å². The van der Waals surface area contributed by atoms with Gasteiger partial charge in [0.1, 0.15) is 6.10 Å². The standard InChI is InChI=1S/C20H17NO/c1-2-7-15(8-3-1)13-17-14-20(21-22-17)19-12-6-10-16-9-4-5-11-18(16)19/h1-12,17H,13-14H2/t17-/m0/s1. The maximum absolute atomic E-state index is 5.66. The molecule has 2 heteroatoms. The van der Waals surface area contributed by atoms with Crippen LogP contribution in [0.1, 0.15) is 17.5 Å². The fourth-order valence-corrected chi connectivity index (χ4v) is 3.05. The Morgan fingerprint density at radius 3 is 2.55 bits per heavy atom. The van der Waals surface area contributed by atoms with E-state index in [1.807, 2.05) is 6.07 Å². The number of benzene rings is 3. The molecule has 0 aliphatic carbocycles. The predicted octanol–water partition coefficient (Wildman–Crippen LogP) is 4.58. The van der Waals surface area contributed by atoms with Crippen LogP contribution in [0.2, 0.25) is 0 Å². The minimum Gasteiger partial charge on any atom is -0.391 e. The molecule has 4 rings (SSSR count). The summed E-state index contributed by atoms with van der Waals surface area (Å²) in [6, 6.07) is 25.2. The molecule has 1 aliphatic heterocycles. The van der Waals surface area contributed by atoms with Gasteiger partial charge in [-0.25, -0.2) is 0 Å². The number of oxime groups is 1. The second-order valence-electron chi connectivity index (χ2n) is 5.69. The lowest BCUT2D eigenvalue weighted by Gasteiger charge is -2.08. The molecule has 3 aromatic carbocycles. The van der Waals surface area contributed by atoms with Crippen molar-refractivity contribution in [1.29, 1.82) is 0 Å². The molecule has 1 atom stereocenters. The Morgan fingerprint density at radius 2 is 1.64 bits per heavy atom. The summed E-state index contributed by atoms with van der Waals surface area (Å²) in [5.74, 6) is 0.